The van der Waals surface area contributed by atoms with Crippen LogP contribution in [0.5, 0.6) is 0 Å². The monoisotopic (exact) mass is 306 g/mol. The number of hydrogen-bond donors (Lipinski definition) is 2. The Morgan fingerprint density at radius 1 is 1.35 bits per heavy atom. The Kier molecular flexibility index (Phi) is 5.69. The lowest BCUT2D eigenvalue weighted by molar-refractivity contribution is -0.144. The molecule has 0 radical (unpaired) electrons. The molecule has 1 rings (SSSR count). The average molecular weight is 307 g/mol. The van der Waals surface area contributed by atoms with Gasteiger partial charge in [-0.2, -0.15) is 0 Å². The minimum Gasteiger partial charge on any atom is -0.469 e. The number of amides is 2. The van der Waals surface area contributed by atoms with Crippen LogP contribution >= 0.6 is 11.6 Å². The SMILES string of the molecule is COC(=O)C(C)CNC(=O)Nc1cc(F)c(F)cc1Cl. The molecule has 2 amide bonds. The lowest BCUT2D eigenvalue weighted by Crippen LogP contribution is -2.35. The highest BCUT2D eigenvalue weighted by Crippen LogP contribution is 2.24. The summed E-state index contributed by atoms with van der Waals surface area (Å²) in [5.41, 5.74) is -0.0752. The van der Waals surface area contributed by atoms with Crippen LogP contribution in [0.1, 0.15) is 6.92 Å². The lowest BCUT2D eigenvalue weighted by atomic mass is 10.2. The van der Waals surface area contributed by atoms with Crippen molar-refractivity contribution in [2.75, 3.05) is 19.0 Å². The van der Waals surface area contributed by atoms with Crippen molar-refractivity contribution in [3.63, 3.8) is 0 Å². The summed E-state index contributed by atoms with van der Waals surface area (Å²) in [6.07, 6.45) is 0. The zero-order valence-electron chi connectivity index (χ0n) is 10.8. The molecular weight excluding hydrogens is 294 g/mol. The number of esters is 1. The molecule has 0 fully saturated rings. The summed E-state index contributed by atoms with van der Waals surface area (Å²) in [4.78, 5) is 22.6. The number of anilines is 1. The van der Waals surface area contributed by atoms with E-state index in [1.54, 1.807) is 6.92 Å². The Labute approximate surface area is 119 Å². The number of rotatable bonds is 4. The van der Waals surface area contributed by atoms with Crippen LogP contribution in [0.3, 0.4) is 0 Å². The number of carbonyl (C=O) groups is 2. The molecule has 1 atom stereocenters. The van der Waals surface area contributed by atoms with Gasteiger partial charge < -0.3 is 15.4 Å². The average Bonchev–Trinajstić information content (AvgIpc) is 2.41. The fourth-order valence-electron chi connectivity index (χ4n) is 1.32. The number of nitrogens with one attached hydrogen (secondary N) is 2. The minimum absolute atomic E-state index is 0.0276. The summed E-state index contributed by atoms with van der Waals surface area (Å²) in [5, 5.41) is 4.49. The topological polar surface area (TPSA) is 67.4 Å². The molecule has 0 aliphatic carbocycles. The van der Waals surface area contributed by atoms with Gasteiger partial charge in [-0.3, -0.25) is 4.79 Å². The predicted molar refractivity (Wildman–Crippen MR) is 69.6 cm³/mol. The quantitative estimate of drug-likeness (QED) is 0.663. The van der Waals surface area contributed by atoms with Gasteiger partial charge in [0.1, 0.15) is 0 Å². The van der Waals surface area contributed by atoms with E-state index in [0.717, 1.165) is 12.1 Å². The van der Waals surface area contributed by atoms with Crippen LogP contribution in [0.25, 0.3) is 0 Å². The van der Waals surface area contributed by atoms with Crippen molar-refractivity contribution >= 4 is 29.3 Å². The van der Waals surface area contributed by atoms with Crippen molar-refractivity contribution in [1.29, 1.82) is 0 Å². The molecule has 0 aromatic heterocycles. The fraction of sp³-hybridized carbons (Fsp3) is 0.333. The van der Waals surface area contributed by atoms with Crippen molar-refractivity contribution in [3.8, 4) is 0 Å². The van der Waals surface area contributed by atoms with Crippen LogP contribution in [-0.2, 0) is 9.53 Å². The second-order valence-corrected chi connectivity index (χ2v) is 4.41. The molecule has 1 unspecified atom stereocenters. The first-order chi connectivity index (χ1) is 9.35. The van der Waals surface area contributed by atoms with Gasteiger partial charge in [-0.15, -0.1) is 0 Å². The molecule has 0 saturated carbocycles. The highest BCUT2D eigenvalue weighted by Gasteiger charge is 2.15. The van der Waals surface area contributed by atoms with Crippen LogP contribution in [0, 0.1) is 17.6 Å². The Morgan fingerprint density at radius 2 is 1.95 bits per heavy atom. The van der Waals surface area contributed by atoms with Crippen molar-refractivity contribution in [2.45, 2.75) is 6.92 Å². The molecule has 8 heteroatoms. The van der Waals surface area contributed by atoms with Gasteiger partial charge in [-0.25, -0.2) is 13.6 Å². The van der Waals surface area contributed by atoms with Gasteiger partial charge in [0.2, 0.25) is 0 Å². The Morgan fingerprint density at radius 3 is 2.55 bits per heavy atom. The van der Waals surface area contributed by atoms with Gasteiger partial charge in [-0.1, -0.05) is 18.5 Å². The molecule has 5 nitrogen and oxygen atoms in total. The van der Waals surface area contributed by atoms with E-state index in [1.807, 2.05) is 0 Å². The Bertz CT molecular complexity index is 526. The molecule has 1 aromatic rings. The number of hydrogen-bond acceptors (Lipinski definition) is 3. The Balaban J connectivity index is 2.59. The normalized spacial score (nSPS) is 11.7. The van der Waals surface area contributed by atoms with Gasteiger partial charge in [0.15, 0.2) is 11.6 Å². The Hall–Kier alpha value is -1.89. The maximum atomic E-state index is 13.0. The molecule has 1 aromatic carbocycles. The van der Waals surface area contributed by atoms with Crippen molar-refractivity contribution in [2.24, 2.45) is 5.92 Å². The highest BCUT2D eigenvalue weighted by atomic mass is 35.5. The van der Waals surface area contributed by atoms with E-state index < -0.39 is 29.6 Å². The largest absolute Gasteiger partial charge is 0.469 e. The second-order valence-electron chi connectivity index (χ2n) is 4.01. The summed E-state index contributed by atoms with van der Waals surface area (Å²) in [6, 6.07) is 0.818. The van der Waals surface area contributed by atoms with E-state index in [0.29, 0.717) is 0 Å². The van der Waals surface area contributed by atoms with Crippen LogP contribution in [0.4, 0.5) is 19.3 Å². The first-order valence-electron chi connectivity index (χ1n) is 5.62. The van der Waals surface area contributed by atoms with Crippen molar-refractivity contribution < 1.29 is 23.1 Å². The summed E-state index contributed by atoms with van der Waals surface area (Å²) < 4.78 is 30.3. The number of methoxy groups -OCH3 is 1. The van der Waals surface area contributed by atoms with E-state index >= 15 is 0 Å². The number of urea groups is 1. The summed E-state index contributed by atoms with van der Waals surface area (Å²) in [7, 11) is 1.24. The zero-order valence-corrected chi connectivity index (χ0v) is 11.6. The van der Waals surface area contributed by atoms with Crippen molar-refractivity contribution in [1.82, 2.24) is 5.32 Å². The molecule has 0 heterocycles. The number of carbonyl (C=O) groups excluding carboxylic acids is 2. The molecule has 0 aliphatic rings. The van der Waals surface area contributed by atoms with Gasteiger partial charge in [0.05, 0.1) is 23.7 Å². The van der Waals surface area contributed by atoms with Gasteiger partial charge in [0, 0.05) is 12.6 Å². The first-order valence-corrected chi connectivity index (χ1v) is 6.00. The van der Waals surface area contributed by atoms with Gasteiger partial charge >= 0.3 is 12.0 Å². The molecular formula is C12H13ClF2N2O3. The number of benzene rings is 1. The third-order valence-electron chi connectivity index (χ3n) is 2.43. The second kappa shape index (κ2) is 7.04. The van der Waals surface area contributed by atoms with E-state index in [9.17, 15) is 18.4 Å². The smallest absolute Gasteiger partial charge is 0.319 e. The number of halogens is 3. The van der Waals surface area contributed by atoms with Gasteiger partial charge in [0.25, 0.3) is 0 Å². The van der Waals surface area contributed by atoms with Crippen molar-refractivity contribution in [3.05, 3.63) is 28.8 Å². The van der Waals surface area contributed by atoms with Crippen LogP contribution in [0.15, 0.2) is 12.1 Å². The molecule has 0 bridgehead atoms. The fourth-order valence-corrected chi connectivity index (χ4v) is 1.51. The summed E-state index contributed by atoms with van der Waals surface area (Å²) >= 11 is 5.66. The summed E-state index contributed by atoms with van der Waals surface area (Å²) in [6.45, 7) is 1.59. The number of ether oxygens (including phenoxy) is 1. The van der Waals surface area contributed by atoms with Crippen LogP contribution < -0.4 is 10.6 Å². The van der Waals surface area contributed by atoms with Crippen LogP contribution in [-0.4, -0.2) is 25.7 Å². The molecule has 0 saturated heterocycles. The van der Waals surface area contributed by atoms with E-state index in [-0.39, 0.29) is 17.3 Å². The maximum absolute atomic E-state index is 13.0. The minimum atomic E-state index is -1.13. The van der Waals surface area contributed by atoms with E-state index in [2.05, 4.69) is 15.4 Å². The van der Waals surface area contributed by atoms with E-state index in [4.69, 9.17) is 11.6 Å². The first kappa shape index (κ1) is 16.2. The summed E-state index contributed by atoms with van der Waals surface area (Å²) in [5.74, 6) is -3.25. The molecule has 110 valence electrons. The molecule has 20 heavy (non-hydrogen) atoms. The van der Waals surface area contributed by atoms with Crippen LogP contribution in [0.2, 0.25) is 5.02 Å². The predicted octanol–water partition coefficient (Wildman–Crippen LogP) is 2.55. The molecule has 2 N–H and O–H groups in total. The lowest BCUT2D eigenvalue weighted by Gasteiger charge is -2.12. The third kappa shape index (κ3) is 4.34. The maximum Gasteiger partial charge on any atom is 0.319 e. The molecule has 0 aliphatic heterocycles. The van der Waals surface area contributed by atoms with Gasteiger partial charge in [-0.05, 0) is 6.07 Å². The standard InChI is InChI=1S/C12H13ClF2N2O3/c1-6(11(18)20-2)5-16-12(19)17-10-4-9(15)8(14)3-7(10)13/h3-4,6H,5H2,1-2H3,(H2,16,17,19). The highest BCUT2D eigenvalue weighted by molar-refractivity contribution is 6.33. The zero-order chi connectivity index (χ0) is 15.3. The third-order valence-corrected chi connectivity index (χ3v) is 2.74. The molecule has 0 spiro atoms. The van der Waals surface area contributed by atoms with E-state index in [1.165, 1.54) is 7.11 Å².